The van der Waals surface area contributed by atoms with Crippen molar-refractivity contribution in [1.82, 2.24) is 5.32 Å². The summed E-state index contributed by atoms with van der Waals surface area (Å²) in [5.41, 5.74) is 0.798. The summed E-state index contributed by atoms with van der Waals surface area (Å²) in [7, 11) is 0. The third kappa shape index (κ3) is 5.36. The molecule has 2 aromatic rings. The van der Waals surface area contributed by atoms with Crippen molar-refractivity contribution in [1.29, 1.82) is 0 Å². The molecule has 1 atom stereocenters. The average molecular weight is 371 g/mol. The maximum atomic E-state index is 12.5. The normalized spacial score (nSPS) is 11.3. The van der Waals surface area contributed by atoms with E-state index in [0.29, 0.717) is 5.56 Å². The molecule has 0 aliphatic rings. The second-order valence-electron chi connectivity index (χ2n) is 5.72. The molecule has 0 aromatic heterocycles. The van der Waals surface area contributed by atoms with E-state index in [1.54, 1.807) is 12.1 Å². The number of nitro groups is 1. The minimum atomic E-state index is -1.25. The molecule has 140 valence electrons. The van der Waals surface area contributed by atoms with E-state index in [1.165, 1.54) is 43.3 Å². The Morgan fingerprint density at radius 3 is 2.30 bits per heavy atom. The van der Waals surface area contributed by atoms with Crippen LogP contribution in [0, 0.1) is 10.1 Å². The molecular formula is C18H17N3O6. The number of amides is 2. The van der Waals surface area contributed by atoms with Crippen LogP contribution in [-0.2, 0) is 16.0 Å². The number of carboxylic acids is 1. The standard InChI is InChI=1S/C18H17N3O6/c1-11(22)19-15-5-3-2-4-14(15)17(23)20-16(18(24)25)10-12-6-8-13(9-7-12)21(26)27/h2-9,16H,10H2,1H3,(H,19,22)(H,20,23)(H,24,25)/t16-/m0/s1. The Labute approximate surface area is 154 Å². The number of carboxylic acid groups (broad SMARTS) is 1. The fourth-order valence-corrected chi connectivity index (χ4v) is 2.41. The highest BCUT2D eigenvalue weighted by Crippen LogP contribution is 2.16. The number of anilines is 1. The molecule has 9 heteroatoms. The number of rotatable bonds is 7. The van der Waals surface area contributed by atoms with Crippen molar-refractivity contribution >= 4 is 29.2 Å². The van der Waals surface area contributed by atoms with Crippen LogP contribution in [0.5, 0.6) is 0 Å². The topological polar surface area (TPSA) is 139 Å². The Bertz CT molecular complexity index is 879. The van der Waals surface area contributed by atoms with Gasteiger partial charge in [0.2, 0.25) is 5.91 Å². The molecule has 0 aliphatic heterocycles. The molecule has 3 N–H and O–H groups in total. The number of carbonyl (C=O) groups is 3. The van der Waals surface area contributed by atoms with Gasteiger partial charge in [-0.2, -0.15) is 0 Å². The second kappa shape index (κ2) is 8.56. The van der Waals surface area contributed by atoms with E-state index in [2.05, 4.69) is 10.6 Å². The number of para-hydroxylation sites is 1. The first-order valence-corrected chi connectivity index (χ1v) is 7.91. The van der Waals surface area contributed by atoms with Crippen LogP contribution in [0.25, 0.3) is 0 Å². The van der Waals surface area contributed by atoms with Gasteiger partial charge in [-0.25, -0.2) is 4.79 Å². The van der Waals surface area contributed by atoms with E-state index < -0.39 is 22.8 Å². The van der Waals surface area contributed by atoms with Gasteiger partial charge in [-0.05, 0) is 17.7 Å². The van der Waals surface area contributed by atoms with E-state index in [1.807, 2.05) is 0 Å². The van der Waals surface area contributed by atoms with Crippen molar-refractivity contribution in [2.45, 2.75) is 19.4 Å². The molecule has 0 heterocycles. The van der Waals surface area contributed by atoms with Crippen molar-refractivity contribution in [3.05, 3.63) is 69.8 Å². The van der Waals surface area contributed by atoms with Crippen molar-refractivity contribution in [3.63, 3.8) is 0 Å². The summed E-state index contributed by atoms with van der Waals surface area (Å²) < 4.78 is 0. The first-order chi connectivity index (χ1) is 12.8. The zero-order valence-corrected chi connectivity index (χ0v) is 14.3. The molecule has 0 bridgehead atoms. The SMILES string of the molecule is CC(=O)Nc1ccccc1C(=O)N[C@@H](Cc1ccc([N+](=O)[O-])cc1)C(=O)O. The lowest BCUT2D eigenvalue weighted by Gasteiger charge is -2.16. The fraction of sp³-hybridized carbons (Fsp3) is 0.167. The highest BCUT2D eigenvalue weighted by atomic mass is 16.6. The van der Waals surface area contributed by atoms with Gasteiger partial charge in [0.1, 0.15) is 6.04 Å². The van der Waals surface area contributed by atoms with Crippen LogP contribution in [0.3, 0.4) is 0 Å². The Hall–Kier alpha value is -3.75. The van der Waals surface area contributed by atoms with Crippen LogP contribution in [0.4, 0.5) is 11.4 Å². The van der Waals surface area contributed by atoms with Gasteiger partial charge in [-0.15, -0.1) is 0 Å². The molecule has 0 fully saturated rings. The van der Waals surface area contributed by atoms with Gasteiger partial charge >= 0.3 is 5.97 Å². The number of benzene rings is 2. The summed E-state index contributed by atoms with van der Waals surface area (Å²) in [4.78, 5) is 45.4. The van der Waals surface area contributed by atoms with Gasteiger partial charge in [-0.3, -0.25) is 19.7 Å². The molecule has 0 radical (unpaired) electrons. The van der Waals surface area contributed by atoms with E-state index in [9.17, 15) is 29.6 Å². The predicted octanol–water partition coefficient (Wildman–Crippen LogP) is 1.98. The van der Waals surface area contributed by atoms with E-state index in [-0.39, 0.29) is 29.3 Å². The molecule has 0 saturated heterocycles. The van der Waals surface area contributed by atoms with Crippen molar-refractivity contribution in [2.75, 3.05) is 5.32 Å². The lowest BCUT2D eigenvalue weighted by Crippen LogP contribution is -2.42. The number of nitro benzene ring substituents is 1. The third-order valence-electron chi connectivity index (χ3n) is 3.67. The van der Waals surface area contributed by atoms with E-state index >= 15 is 0 Å². The Morgan fingerprint density at radius 1 is 1.11 bits per heavy atom. The lowest BCUT2D eigenvalue weighted by atomic mass is 10.0. The number of hydrogen-bond donors (Lipinski definition) is 3. The van der Waals surface area contributed by atoms with Crippen LogP contribution in [-0.4, -0.2) is 33.9 Å². The maximum Gasteiger partial charge on any atom is 0.326 e. The minimum Gasteiger partial charge on any atom is -0.480 e. The zero-order chi connectivity index (χ0) is 20.0. The van der Waals surface area contributed by atoms with Gasteiger partial charge in [0.25, 0.3) is 11.6 Å². The second-order valence-corrected chi connectivity index (χ2v) is 5.72. The average Bonchev–Trinajstić information content (AvgIpc) is 2.61. The molecule has 2 aromatic carbocycles. The molecule has 9 nitrogen and oxygen atoms in total. The van der Waals surface area contributed by atoms with Crippen LogP contribution in [0.15, 0.2) is 48.5 Å². The maximum absolute atomic E-state index is 12.5. The molecular weight excluding hydrogens is 354 g/mol. The molecule has 27 heavy (non-hydrogen) atoms. The van der Waals surface area contributed by atoms with Crippen molar-refractivity contribution < 1.29 is 24.4 Å². The van der Waals surface area contributed by atoms with Gasteiger partial charge in [-0.1, -0.05) is 24.3 Å². The summed E-state index contributed by atoms with van der Waals surface area (Å²) in [6.07, 6.45) is -0.0542. The van der Waals surface area contributed by atoms with Crippen LogP contribution < -0.4 is 10.6 Å². The van der Waals surface area contributed by atoms with Gasteiger partial charge < -0.3 is 15.7 Å². The predicted molar refractivity (Wildman–Crippen MR) is 96.4 cm³/mol. The summed E-state index contributed by atoms with van der Waals surface area (Å²) in [6.45, 7) is 1.29. The Kier molecular flexibility index (Phi) is 6.21. The molecule has 0 saturated carbocycles. The summed E-state index contributed by atoms with van der Waals surface area (Å²) in [5, 5.41) is 25.0. The summed E-state index contributed by atoms with van der Waals surface area (Å²) in [6, 6.07) is 10.4. The monoisotopic (exact) mass is 371 g/mol. The Balaban J connectivity index is 2.16. The number of non-ortho nitro benzene ring substituents is 1. The number of carbonyl (C=O) groups excluding carboxylic acids is 2. The molecule has 0 spiro atoms. The van der Waals surface area contributed by atoms with Crippen LogP contribution in [0.1, 0.15) is 22.8 Å². The number of nitrogens with zero attached hydrogens (tertiary/aromatic N) is 1. The van der Waals surface area contributed by atoms with Crippen molar-refractivity contribution in [2.24, 2.45) is 0 Å². The zero-order valence-electron chi connectivity index (χ0n) is 14.3. The number of nitrogens with one attached hydrogen (secondary N) is 2. The Morgan fingerprint density at radius 2 is 1.74 bits per heavy atom. The van der Waals surface area contributed by atoms with Crippen molar-refractivity contribution in [3.8, 4) is 0 Å². The van der Waals surface area contributed by atoms with E-state index in [0.717, 1.165) is 0 Å². The number of hydrogen-bond acceptors (Lipinski definition) is 5. The molecule has 0 aliphatic carbocycles. The first kappa shape index (κ1) is 19.6. The molecule has 2 rings (SSSR count). The van der Waals surface area contributed by atoms with E-state index in [4.69, 9.17) is 0 Å². The van der Waals surface area contributed by atoms with Crippen LogP contribution in [0.2, 0.25) is 0 Å². The fourth-order valence-electron chi connectivity index (χ4n) is 2.41. The summed E-state index contributed by atoms with van der Waals surface area (Å²) in [5.74, 6) is -2.27. The number of aliphatic carboxylic acids is 1. The van der Waals surface area contributed by atoms with Crippen LogP contribution >= 0.6 is 0 Å². The first-order valence-electron chi connectivity index (χ1n) is 7.91. The smallest absolute Gasteiger partial charge is 0.326 e. The highest BCUT2D eigenvalue weighted by Gasteiger charge is 2.23. The summed E-state index contributed by atoms with van der Waals surface area (Å²) >= 11 is 0. The highest BCUT2D eigenvalue weighted by molar-refractivity contribution is 6.04. The minimum absolute atomic E-state index is 0.0542. The van der Waals surface area contributed by atoms with Gasteiger partial charge in [0, 0.05) is 25.5 Å². The quantitative estimate of drug-likeness (QED) is 0.502. The lowest BCUT2D eigenvalue weighted by molar-refractivity contribution is -0.384. The molecule has 2 amide bonds. The molecule has 0 unspecified atom stereocenters. The van der Waals surface area contributed by atoms with Gasteiger partial charge in [0.15, 0.2) is 0 Å². The van der Waals surface area contributed by atoms with Gasteiger partial charge in [0.05, 0.1) is 16.2 Å². The largest absolute Gasteiger partial charge is 0.480 e. The third-order valence-corrected chi connectivity index (χ3v) is 3.67.